The van der Waals surface area contributed by atoms with Crippen LogP contribution in [0.15, 0.2) is 77.3 Å². The lowest BCUT2D eigenvalue weighted by Gasteiger charge is -2.28. The molecule has 0 bridgehead atoms. The van der Waals surface area contributed by atoms with Crippen molar-refractivity contribution < 1.29 is 13.5 Å². The number of nitrogens with one attached hydrogen (secondary N) is 1. The third-order valence-electron chi connectivity index (χ3n) is 5.09. The molecule has 1 N–H and O–H groups in total. The van der Waals surface area contributed by atoms with E-state index in [0.717, 1.165) is 26.8 Å². The van der Waals surface area contributed by atoms with Gasteiger partial charge in [-0.1, -0.05) is 51.8 Å². The molecular weight excluding hydrogens is 488 g/mol. The summed E-state index contributed by atoms with van der Waals surface area (Å²) in [6.45, 7) is -2.95. The smallest absolute Gasteiger partial charge is 0.387 e. The Morgan fingerprint density at radius 2 is 1.90 bits per heavy atom. The quantitative estimate of drug-likeness (QED) is 0.323. The number of aromatic nitrogens is 2. The van der Waals surface area contributed by atoms with Crippen LogP contribution >= 0.6 is 27.5 Å². The number of alkyl halides is 2. The van der Waals surface area contributed by atoms with Gasteiger partial charge in [0.2, 0.25) is 5.95 Å². The van der Waals surface area contributed by atoms with Gasteiger partial charge in [-0.25, -0.2) is 4.98 Å². The first-order valence-corrected chi connectivity index (χ1v) is 10.6. The molecule has 156 valence electrons. The molecule has 5 rings (SSSR count). The first-order chi connectivity index (χ1) is 15.0. The summed E-state index contributed by atoms with van der Waals surface area (Å²) in [5.41, 5.74) is 3.90. The highest BCUT2D eigenvalue weighted by atomic mass is 79.9. The van der Waals surface area contributed by atoms with E-state index in [2.05, 4.69) is 21.2 Å². The number of rotatable bonds is 4. The van der Waals surface area contributed by atoms with Gasteiger partial charge in [0.25, 0.3) is 0 Å². The van der Waals surface area contributed by atoms with Crippen LogP contribution < -0.4 is 10.1 Å². The molecule has 3 aromatic carbocycles. The maximum absolute atomic E-state index is 13.1. The van der Waals surface area contributed by atoms with E-state index in [0.29, 0.717) is 16.5 Å². The van der Waals surface area contributed by atoms with Crippen LogP contribution in [0.1, 0.15) is 17.2 Å². The number of allylic oxidation sites excluding steroid dienone is 1. The van der Waals surface area contributed by atoms with Gasteiger partial charge in [-0.3, -0.25) is 4.57 Å². The standard InChI is InChI=1S/C23H15BrClF2N3O/c24-14-5-3-4-13(10-14)18-12-20(16-11-15(25)8-9-21(16)31-22(26)27)30-19-7-2-1-6-17(19)28-23(30)29-18/h1-12,20,22H,(H,28,29). The van der Waals surface area contributed by atoms with E-state index in [1.54, 1.807) is 6.07 Å². The predicted octanol–water partition coefficient (Wildman–Crippen LogP) is 7.11. The van der Waals surface area contributed by atoms with Gasteiger partial charge in [0.05, 0.1) is 17.1 Å². The largest absolute Gasteiger partial charge is 0.434 e. The molecule has 1 aliphatic rings. The zero-order valence-electron chi connectivity index (χ0n) is 15.9. The van der Waals surface area contributed by atoms with Crippen LogP contribution in [-0.4, -0.2) is 16.2 Å². The van der Waals surface area contributed by atoms with Crippen LogP contribution in [0.25, 0.3) is 16.7 Å². The van der Waals surface area contributed by atoms with Crippen LogP contribution in [0.4, 0.5) is 14.7 Å². The van der Waals surface area contributed by atoms with Crippen LogP contribution in [0.5, 0.6) is 5.75 Å². The van der Waals surface area contributed by atoms with Crippen LogP contribution in [0, 0.1) is 0 Å². The number of benzene rings is 3. The van der Waals surface area contributed by atoms with Gasteiger partial charge in [0, 0.05) is 20.8 Å². The van der Waals surface area contributed by atoms with Crippen molar-refractivity contribution in [2.45, 2.75) is 12.7 Å². The average molecular weight is 503 g/mol. The van der Waals surface area contributed by atoms with Gasteiger partial charge in [-0.2, -0.15) is 8.78 Å². The van der Waals surface area contributed by atoms with Crippen molar-refractivity contribution in [3.05, 3.63) is 93.4 Å². The number of hydrogen-bond acceptors (Lipinski definition) is 3. The summed E-state index contributed by atoms with van der Waals surface area (Å²) >= 11 is 9.76. The van der Waals surface area contributed by atoms with Crippen molar-refractivity contribution in [3.63, 3.8) is 0 Å². The number of para-hydroxylation sites is 2. The fourth-order valence-corrected chi connectivity index (χ4v) is 4.40. The highest BCUT2D eigenvalue weighted by molar-refractivity contribution is 9.10. The van der Waals surface area contributed by atoms with Gasteiger partial charge in [-0.15, -0.1) is 0 Å². The number of fused-ring (bicyclic) bond motifs is 3. The molecule has 1 atom stereocenters. The number of imidazole rings is 1. The maximum atomic E-state index is 13.1. The molecule has 0 spiro atoms. The Labute approximate surface area is 190 Å². The molecule has 4 nitrogen and oxygen atoms in total. The minimum absolute atomic E-state index is 0.0693. The van der Waals surface area contributed by atoms with E-state index in [-0.39, 0.29) is 5.75 Å². The van der Waals surface area contributed by atoms with E-state index in [9.17, 15) is 8.78 Å². The van der Waals surface area contributed by atoms with Crippen LogP contribution in [0.3, 0.4) is 0 Å². The molecule has 0 aliphatic carbocycles. The minimum Gasteiger partial charge on any atom is -0.434 e. The zero-order chi connectivity index (χ0) is 21.5. The third kappa shape index (κ3) is 3.79. The van der Waals surface area contributed by atoms with E-state index in [1.807, 2.05) is 59.2 Å². The van der Waals surface area contributed by atoms with Crippen LogP contribution in [-0.2, 0) is 0 Å². The highest BCUT2D eigenvalue weighted by Crippen LogP contribution is 2.41. The summed E-state index contributed by atoms with van der Waals surface area (Å²) in [6.07, 6.45) is 1.97. The summed E-state index contributed by atoms with van der Waals surface area (Å²) in [7, 11) is 0. The van der Waals surface area contributed by atoms with E-state index >= 15 is 0 Å². The Morgan fingerprint density at radius 3 is 2.71 bits per heavy atom. The van der Waals surface area contributed by atoms with Gasteiger partial charge in [0.1, 0.15) is 5.75 Å². The Kier molecular flexibility index (Phi) is 5.16. The molecule has 0 saturated heterocycles. The minimum atomic E-state index is -2.95. The third-order valence-corrected chi connectivity index (χ3v) is 5.82. The molecule has 4 aromatic rings. The van der Waals surface area contributed by atoms with Crippen molar-refractivity contribution in [1.82, 2.24) is 9.55 Å². The average Bonchev–Trinajstić information content (AvgIpc) is 3.12. The lowest BCUT2D eigenvalue weighted by atomic mass is 10.00. The Bertz CT molecular complexity index is 1320. The molecule has 2 heterocycles. The highest BCUT2D eigenvalue weighted by Gasteiger charge is 2.28. The first-order valence-electron chi connectivity index (χ1n) is 9.45. The van der Waals surface area contributed by atoms with Gasteiger partial charge in [-0.05, 0) is 54.1 Å². The van der Waals surface area contributed by atoms with E-state index < -0.39 is 12.7 Å². The second-order valence-electron chi connectivity index (χ2n) is 7.02. The van der Waals surface area contributed by atoms with Crippen molar-refractivity contribution in [2.24, 2.45) is 0 Å². The second kappa shape index (κ2) is 7.98. The van der Waals surface area contributed by atoms with Gasteiger partial charge >= 0.3 is 6.61 Å². The Morgan fingerprint density at radius 1 is 1.06 bits per heavy atom. The second-order valence-corrected chi connectivity index (χ2v) is 8.37. The van der Waals surface area contributed by atoms with Crippen molar-refractivity contribution in [1.29, 1.82) is 0 Å². The molecule has 0 fully saturated rings. The summed E-state index contributed by atoms with van der Waals surface area (Å²) in [5.74, 6) is 0.673. The molecule has 1 aliphatic heterocycles. The lowest BCUT2D eigenvalue weighted by molar-refractivity contribution is -0.0505. The van der Waals surface area contributed by atoms with E-state index in [1.165, 1.54) is 12.1 Å². The first kappa shape index (κ1) is 20.0. The van der Waals surface area contributed by atoms with Gasteiger partial charge in [0.15, 0.2) is 0 Å². The maximum Gasteiger partial charge on any atom is 0.387 e. The monoisotopic (exact) mass is 501 g/mol. The SMILES string of the molecule is FC(F)Oc1ccc(Cl)cc1C1C=C(c2cccc(Br)c2)Nc2nc3ccccc3n21. The fraction of sp³-hybridized carbons (Fsp3) is 0.0870. The summed E-state index contributed by atoms with van der Waals surface area (Å²) in [6, 6.07) is 19.7. The number of anilines is 1. The summed E-state index contributed by atoms with van der Waals surface area (Å²) < 4.78 is 34.0. The predicted molar refractivity (Wildman–Crippen MR) is 122 cm³/mol. The van der Waals surface area contributed by atoms with Crippen molar-refractivity contribution in [2.75, 3.05) is 5.32 Å². The molecule has 31 heavy (non-hydrogen) atoms. The molecule has 1 unspecified atom stereocenters. The summed E-state index contributed by atoms with van der Waals surface area (Å²) in [5, 5.41) is 3.80. The van der Waals surface area contributed by atoms with Crippen LogP contribution in [0.2, 0.25) is 5.02 Å². The Balaban J connectivity index is 1.75. The normalized spacial score (nSPS) is 15.5. The Hall–Kier alpha value is -2.90. The lowest BCUT2D eigenvalue weighted by Crippen LogP contribution is -2.20. The van der Waals surface area contributed by atoms with Gasteiger partial charge < -0.3 is 10.1 Å². The van der Waals surface area contributed by atoms with Crippen molar-refractivity contribution in [3.8, 4) is 5.75 Å². The number of ether oxygens (including phenoxy) is 1. The molecule has 8 heteroatoms. The molecule has 0 saturated carbocycles. The van der Waals surface area contributed by atoms with E-state index in [4.69, 9.17) is 21.3 Å². The topological polar surface area (TPSA) is 39.1 Å². The fourth-order valence-electron chi connectivity index (χ4n) is 3.82. The number of nitrogens with zero attached hydrogens (tertiary/aromatic N) is 2. The number of hydrogen-bond donors (Lipinski definition) is 1. The molecular formula is C23H15BrClF2N3O. The molecule has 0 radical (unpaired) electrons. The zero-order valence-corrected chi connectivity index (χ0v) is 18.2. The summed E-state index contributed by atoms with van der Waals surface area (Å²) in [4.78, 5) is 4.72. The molecule has 1 aromatic heterocycles. The van der Waals surface area contributed by atoms with Crippen molar-refractivity contribution >= 4 is 50.2 Å². The molecule has 0 amide bonds. The number of halogens is 4.